The first-order valence-electron chi connectivity index (χ1n) is 17.2. The topological polar surface area (TPSA) is 91.3 Å². The van der Waals surface area contributed by atoms with Crippen molar-refractivity contribution < 1.29 is 37.3 Å². The molecule has 11 heteroatoms. The molecule has 0 aromatic heterocycles. The van der Waals surface area contributed by atoms with Crippen molar-refractivity contribution in [1.82, 2.24) is 15.1 Å². The second-order valence-corrected chi connectivity index (χ2v) is 13.4. The van der Waals surface area contributed by atoms with Crippen LogP contribution in [0, 0.1) is 5.92 Å². The maximum absolute atomic E-state index is 13.0. The third-order valence-electron chi connectivity index (χ3n) is 9.95. The number of alkyl halides is 3. The van der Waals surface area contributed by atoms with Gasteiger partial charge in [0.2, 0.25) is 5.91 Å². The summed E-state index contributed by atoms with van der Waals surface area (Å²) >= 11 is 0. The quantitative estimate of drug-likeness (QED) is 0.276. The van der Waals surface area contributed by atoms with E-state index in [1.165, 1.54) is 19.3 Å². The fraction of sp³-hybridized carbons (Fsp3) is 0.474. The Hall–Kier alpha value is -3.77. The van der Waals surface area contributed by atoms with E-state index >= 15 is 0 Å². The summed E-state index contributed by atoms with van der Waals surface area (Å²) in [4.78, 5) is 27.8. The highest BCUT2D eigenvalue weighted by atomic mass is 19.4. The van der Waals surface area contributed by atoms with Crippen molar-refractivity contribution in [3.63, 3.8) is 0 Å². The molecule has 0 saturated carbocycles. The smallest absolute Gasteiger partial charge is 0.392 e. The summed E-state index contributed by atoms with van der Waals surface area (Å²) in [7, 11) is 0. The highest BCUT2D eigenvalue weighted by Crippen LogP contribution is 2.42. The van der Waals surface area contributed by atoms with Gasteiger partial charge in [0.25, 0.3) is 0 Å². The molecule has 3 aromatic carbocycles. The molecule has 0 spiro atoms. The molecule has 5 unspecified atom stereocenters. The zero-order valence-corrected chi connectivity index (χ0v) is 27.7. The summed E-state index contributed by atoms with van der Waals surface area (Å²) in [5, 5.41) is 12.3. The van der Waals surface area contributed by atoms with E-state index in [1.54, 1.807) is 0 Å². The number of carbonyl (C=O) groups is 2. The molecule has 3 aliphatic heterocycles. The number of ether oxygens (including phenoxy) is 2. The van der Waals surface area contributed by atoms with Crippen LogP contribution in [-0.2, 0) is 32.2 Å². The van der Waals surface area contributed by atoms with E-state index in [-0.39, 0.29) is 44.2 Å². The highest BCUT2D eigenvalue weighted by Gasteiger charge is 2.47. The Balaban J connectivity index is 1.18. The number of rotatable bonds is 9. The van der Waals surface area contributed by atoms with Crippen LogP contribution in [0.3, 0.4) is 0 Å². The van der Waals surface area contributed by atoms with E-state index in [4.69, 9.17) is 9.47 Å². The number of likely N-dealkylation sites (tertiary alicyclic amines) is 2. The number of hydrogen-bond acceptors (Lipinski definition) is 6. The molecule has 8 nitrogen and oxygen atoms in total. The van der Waals surface area contributed by atoms with Gasteiger partial charge in [-0.05, 0) is 78.7 Å². The lowest BCUT2D eigenvalue weighted by molar-refractivity contribution is -0.276. The molecule has 49 heavy (non-hydrogen) atoms. The van der Waals surface area contributed by atoms with Gasteiger partial charge in [-0.1, -0.05) is 74.0 Å². The van der Waals surface area contributed by atoms with Crippen LogP contribution in [0.4, 0.5) is 13.2 Å². The van der Waals surface area contributed by atoms with Crippen molar-refractivity contribution in [1.29, 1.82) is 0 Å². The molecule has 3 fully saturated rings. The first-order chi connectivity index (χ1) is 23.6. The van der Waals surface area contributed by atoms with Gasteiger partial charge in [0.05, 0.1) is 18.8 Å². The molecule has 6 rings (SSSR count). The molecule has 3 saturated heterocycles. The molecule has 5 atom stereocenters. The van der Waals surface area contributed by atoms with Crippen LogP contribution in [0.1, 0.15) is 73.7 Å². The number of carbonyl (C=O) groups excluding carboxylic acids is 2. The Bertz CT molecular complexity index is 1590. The minimum atomic E-state index is -5.02. The number of hydrogen-bond donors (Lipinski definition) is 2. The Morgan fingerprint density at radius 3 is 2.29 bits per heavy atom. The second kappa shape index (κ2) is 15.4. The fourth-order valence-corrected chi connectivity index (χ4v) is 7.20. The predicted octanol–water partition coefficient (Wildman–Crippen LogP) is 6.29. The van der Waals surface area contributed by atoms with Gasteiger partial charge in [0.15, 0.2) is 6.29 Å². The van der Waals surface area contributed by atoms with Crippen molar-refractivity contribution in [2.24, 2.45) is 5.92 Å². The molecule has 2 N–H and O–H groups in total. The summed E-state index contributed by atoms with van der Waals surface area (Å²) in [5.74, 6) is -2.48. The number of piperidine rings is 1. The number of aliphatic hydroxyl groups excluding tert-OH is 1. The number of benzene rings is 3. The molecular weight excluding hydrogens is 635 g/mol. The maximum Gasteiger partial charge on any atom is 0.471 e. The lowest BCUT2D eigenvalue weighted by atomic mass is 9.89. The fourth-order valence-electron chi connectivity index (χ4n) is 7.20. The lowest BCUT2D eigenvalue weighted by Crippen LogP contribution is -2.50. The van der Waals surface area contributed by atoms with Crippen LogP contribution in [-0.4, -0.2) is 71.2 Å². The molecule has 262 valence electrons. The zero-order valence-electron chi connectivity index (χ0n) is 27.7. The molecule has 0 radical (unpaired) electrons. The summed E-state index contributed by atoms with van der Waals surface area (Å²) in [5.41, 5.74) is 5.35. The number of halogens is 3. The van der Waals surface area contributed by atoms with Crippen molar-refractivity contribution in [2.75, 3.05) is 26.2 Å². The van der Waals surface area contributed by atoms with Crippen molar-refractivity contribution in [3.8, 4) is 11.1 Å². The molecule has 0 bridgehead atoms. The molecule has 3 aromatic rings. The normalized spacial score (nSPS) is 24.9. The van der Waals surface area contributed by atoms with Crippen LogP contribution in [0.25, 0.3) is 11.1 Å². The van der Waals surface area contributed by atoms with Crippen LogP contribution < -0.4 is 5.32 Å². The van der Waals surface area contributed by atoms with E-state index in [9.17, 15) is 27.9 Å². The van der Waals surface area contributed by atoms with Gasteiger partial charge in [-0.2, -0.15) is 13.2 Å². The van der Waals surface area contributed by atoms with Gasteiger partial charge >= 0.3 is 12.1 Å². The molecule has 2 amide bonds. The molecule has 3 heterocycles. The van der Waals surface area contributed by atoms with Crippen molar-refractivity contribution in [3.05, 3.63) is 95.1 Å². The van der Waals surface area contributed by atoms with Gasteiger partial charge in [-0.15, -0.1) is 0 Å². The van der Waals surface area contributed by atoms with E-state index < -0.39 is 30.3 Å². The third kappa shape index (κ3) is 8.34. The van der Waals surface area contributed by atoms with Gasteiger partial charge in [0.1, 0.15) is 6.04 Å². The van der Waals surface area contributed by atoms with E-state index in [0.29, 0.717) is 11.3 Å². The standard InChI is InChI=1S/C38H44F3N3O5/c1-25-33(23-43-17-3-2-4-18-43)48-36(49-34(25)28-15-13-26(24-45)14-16-28)31-11-6-10-30(21-31)29-9-5-8-27(20-29)22-42-35(46)32-12-7-19-44(32)37(47)38(39,40)41/h5-6,8-11,13-16,20-21,25,32-34,36,45H,2-4,7,12,17-19,22-24H2,1H3,(H,42,46). The number of nitrogens with one attached hydrogen (secondary N) is 1. The average Bonchev–Trinajstić information content (AvgIpc) is 3.61. The molecule has 0 aliphatic carbocycles. The van der Waals surface area contributed by atoms with E-state index in [1.807, 2.05) is 72.8 Å². The SMILES string of the molecule is CC1C(CN2CCCCC2)OC(c2cccc(-c3cccc(CNC(=O)C4CCCN4C(=O)C(F)(F)F)c3)c2)OC1c1ccc(CO)cc1. The van der Waals surface area contributed by atoms with Crippen LogP contribution >= 0.6 is 0 Å². The maximum atomic E-state index is 13.0. The average molecular weight is 680 g/mol. The zero-order chi connectivity index (χ0) is 34.5. The van der Waals surface area contributed by atoms with Gasteiger partial charge in [-0.25, -0.2) is 0 Å². The summed E-state index contributed by atoms with van der Waals surface area (Å²) in [6.07, 6.45) is -1.72. The number of nitrogens with zero attached hydrogens (tertiary/aromatic N) is 2. The van der Waals surface area contributed by atoms with Crippen LogP contribution in [0.15, 0.2) is 72.8 Å². The largest absolute Gasteiger partial charge is 0.471 e. The monoisotopic (exact) mass is 679 g/mol. The molecular formula is C38H44F3N3O5. The summed E-state index contributed by atoms with van der Waals surface area (Å²) in [6, 6.07) is 22.3. The highest BCUT2D eigenvalue weighted by molar-refractivity contribution is 5.90. The van der Waals surface area contributed by atoms with E-state index in [0.717, 1.165) is 53.0 Å². The Morgan fingerprint density at radius 1 is 0.857 bits per heavy atom. The first-order valence-corrected chi connectivity index (χ1v) is 17.2. The number of aliphatic hydroxyl groups is 1. The van der Waals surface area contributed by atoms with Crippen LogP contribution in [0.5, 0.6) is 0 Å². The lowest BCUT2D eigenvalue weighted by Gasteiger charge is -2.43. The molecule has 3 aliphatic rings. The summed E-state index contributed by atoms with van der Waals surface area (Å²) < 4.78 is 52.5. The Labute approximate surface area is 285 Å². The Morgan fingerprint density at radius 2 is 1.57 bits per heavy atom. The summed E-state index contributed by atoms with van der Waals surface area (Å²) in [6.45, 7) is 5.12. The minimum absolute atomic E-state index is 0.0207. The third-order valence-corrected chi connectivity index (χ3v) is 9.95. The minimum Gasteiger partial charge on any atom is -0.392 e. The first kappa shape index (κ1) is 35.1. The van der Waals surface area contributed by atoms with Crippen molar-refractivity contribution in [2.45, 2.75) is 82.9 Å². The van der Waals surface area contributed by atoms with Gasteiger partial charge in [0, 0.05) is 31.1 Å². The predicted molar refractivity (Wildman–Crippen MR) is 178 cm³/mol. The number of amides is 2. The van der Waals surface area contributed by atoms with Crippen LogP contribution in [0.2, 0.25) is 0 Å². The van der Waals surface area contributed by atoms with Gasteiger partial charge < -0.3 is 29.7 Å². The Kier molecular flexibility index (Phi) is 11.0. The van der Waals surface area contributed by atoms with Crippen molar-refractivity contribution >= 4 is 11.8 Å². The van der Waals surface area contributed by atoms with E-state index in [2.05, 4.69) is 17.1 Å². The second-order valence-electron chi connectivity index (χ2n) is 13.4. The van der Waals surface area contributed by atoms with Gasteiger partial charge in [-0.3, -0.25) is 9.59 Å².